The number of amides is 1. The standard InChI is InChI=1S/C17H21F3N2O/c18-17(19,20)15-6-2-1-5-12(15)13-8-14(13)16(23)22-7-3-4-11(9-21)10-22/h1-2,5-6,11,13-14H,3-4,7-10,21H2/t11-,13-,14+/m0/s1. The van der Waals surface area contributed by atoms with E-state index in [4.69, 9.17) is 5.73 Å². The largest absolute Gasteiger partial charge is 0.416 e. The fraction of sp³-hybridized carbons (Fsp3) is 0.588. The summed E-state index contributed by atoms with van der Waals surface area (Å²) in [5, 5.41) is 0. The summed E-state index contributed by atoms with van der Waals surface area (Å²) in [5.41, 5.74) is 5.32. The highest BCUT2D eigenvalue weighted by molar-refractivity contribution is 5.83. The number of carbonyl (C=O) groups excluding carboxylic acids is 1. The van der Waals surface area contributed by atoms with Gasteiger partial charge in [-0.15, -0.1) is 0 Å². The lowest BCUT2D eigenvalue weighted by atomic mass is 9.97. The molecule has 1 aliphatic carbocycles. The molecule has 3 atom stereocenters. The molecule has 0 aromatic heterocycles. The van der Waals surface area contributed by atoms with Crippen LogP contribution in [0.3, 0.4) is 0 Å². The van der Waals surface area contributed by atoms with Crippen molar-refractivity contribution in [3.63, 3.8) is 0 Å². The van der Waals surface area contributed by atoms with Crippen LogP contribution in [0.15, 0.2) is 24.3 Å². The third kappa shape index (κ3) is 3.37. The molecule has 3 nitrogen and oxygen atoms in total. The zero-order valence-corrected chi connectivity index (χ0v) is 12.9. The van der Waals surface area contributed by atoms with Gasteiger partial charge in [0.25, 0.3) is 0 Å². The molecule has 2 fully saturated rings. The fourth-order valence-electron chi connectivity index (χ4n) is 3.58. The molecule has 0 radical (unpaired) electrons. The molecule has 3 rings (SSSR count). The highest BCUT2D eigenvalue weighted by Gasteiger charge is 2.49. The number of piperidine rings is 1. The van der Waals surface area contributed by atoms with Crippen LogP contribution in [0, 0.1) is 11.8 Å². The van der Waals surface area contributed by atoms with Gasteiger partial charge in [-0.1, -0.05) is 18.2 Å². The van der Waals surface area contributed by atoms with E-state index in [-0.39, 0.29) is 23.3 Å². The molecular formula is C17H21F3N2O. The Morgan fingerprint density at radius 1 is 1.30 bits per heavy atom. The number of halogens is 3. The van der Waals surface area contributed by atoms with Crippen LogP contribution in [0.1, 0.15) is 36.3 Å². The van der Waals surface area contributed by atoms with Gasteiger partial charge in [0.15, 0.2) is 0 Å². The maximum Gasteiger partial charge on any atom is 0.416 e. The third-order valence-electron chi connectivity index (χ3n) is 4.94. The number of rotatable bonds is 3. The van der Waals surface area contributed by atoms with Crippen LogP contribution >= 0.6 is 0 Å². The van der Waals surface area contributed by atoms with E-state index in [1.54, 1.807) is 11.0 Å². The molecule has 0 bridgehead atoms. The Morgan fingerprint density at radius 3 is 2.74 bits per heavy atom. The van der Waals surface area contributed by atoms with E-state index in [2.05, 4.69) is 0 Å². The molecule has 1 saturated carbocycles. The molecule has 23 heavy (non-hydrogen) atoms. The summed E-state index contributed by atoms with van der Waals surface area (Å²) >= 11 is 0. The highest BCUT2D eigenvalue weighted by atomic mass is 19.4. The summed E-state index contributed by atoms with van der Waals surface area (Å²) in [6.45, 7) is 1.88. The van der Waals surface area contributed by atoms with E-state index in [1.807, 2.05) is 0 Å². The second kappa shape index (κ2) is 6.15. The minimum Gasteiger partial charge on any atom is -0.342 e. The third-order valence-corrected chi connectivity index (χ3v) is 4.94. The number of likely N-dealkylation sites (tertiary alicyclic amines) is 1. The first kappa shape index (κ1) is 16.3. The summed E-state index contributed by atoms with van der Waals surface area (Å²) < 4.78 is 39.3. The topological polar surface area (TPSA) is 46.3 Å². The maximum absolute atomic E-state index is 13.1. The maximum atomic E-state index is 13.1. The minimum absolute atomic E-state index is 0.00914. The zero-order valence-electron chi connectivity index (χ0n) is 12.9. The van der Waals surface area contributed by atoms with Gasteiger partial charge in [-0.2, -0.15) is 13.2 Å². The lowest BCUT2D eigenvalue weighted by molar-refractivity contribution is -0.139. The van der Waals surface area contributed by atoms with Gasteiger partial charge in [0.2, 0.25) is 5.91 Å². The molecule has 1 aromatic rings. The van der Waals surface area contributed by atoms with E-state index in [1.165, 1.54) is 12.1 Å². The van der Waals surface area contributed by atoms with E-state index >= 15 is 0 Å². The number of carbonyl (C=O) groups is 1. The lowest BCUT2D eigenvalue weighted by Gasteiger charge is -2.32. The molecule has 6 heteroatoms. The van der Waals surface area contributed by atoms with E-state index in [9.17, 15) is 18.0 Å². The van der Waals surface area contributed by atoms with Crippen molar-refractivity contribution in [2.24, 2.45) is 17.6 Å². The first-order valence-corrected chi connectivity index (χ1v) is 8.06. The van der Waals surface area contributed by atoms with Crippen molar-refractivity contribution in [2.75, 3.05) is 19.6 Å². The Bertz CT molecular complexity index is 587. The van der Waals surface area contributed by atoms with E-state index in [0.29, 0.717) is 32.0 Å². The number of alkyl halides is 3. The van der Waals surface area contributed by atoms with E-state index < -0.39 is 11.7 Å². The predicted molar refractivity (Wildman–Crippen MR) is 80.7 cm³/mol. The van der Waals surface area contributed by atoms with Crippen molar-refractivity contribution in [3.8, 4) is 0 Å². The normalized spacial score (nSPS) is 27.8. The Morgan fingerprint density at radius 2 is 2.04 bits per heavy atom. The molecule has 126 valence electrons. The van der Waals surface area contributed by atoms with Crippen molar-refractivity contribution < 1.29 is 18.0 Å². The van der Waals surface area contributed by atoms with Crippen LogP contribution < -0.4 is 5.73 Å². The van der Waals surface area contributed by atoms with Gasteiger partial charge in [-0.3, -0.25) is 4.79 Å². The molecule has 1 heterocycles. The summed E-state index contributed by atoms with van der Waals surface area (Å²) in [5.74, 6) is -0.314. The quantitative estimate of drug-likeness (QED) is 0.928. The molecule has 2 aliphatic rings. The first-order valence-electron chi connectivity index (χ1n) is 8.06. The second-order valence-electron chi connectivity index (χ2n) is 6.56. The molecule has 1 saturated heterocycles. The summed E-state index contributed by atoms with van der Waals surface area (Å²) in [6.07, 6.45) is -1.92. The van der Waals surface area contributed by atoms with Crippen molar-refractivity contribution in [1.82, 2.24) is 4.90 Å². The molecule has 1 aromatic carbocycles. The van der Waals surface area contributed by atoms with Crippen molar-refractivity contribution in [1.29, 1.82) is 0 Å². The van der Waals surface area contributed by atoms with Gasteiger partial charge >= 0.3 is 6.18 Å². The summed E-state index contributed by atoms with van der Waals surface area (Å²) in [7, 11) is 0. The van der Waals surface area contributed by atoms with Gasteiger partial charge in [0.05, 0.1) is 5.56 Å². The second-order valence-corrected chi connectivity index (χ2v) is 6.56. The van der Waals surface area contributed by atoms with Crippen LogP contribution in [-0.2, 0) is 11.0 Å². The number of hydrogen-bond donors (Lipinski definition) is 1. The Hall–Kier alpha value is -1.56. The van der Waals surface area contributed by atoms with Gasteiger partial charge in [-0.05, 0) is 49.3 Å². The van der Waals surface area contributed by atoms with Gasteiger partial charge in [-0.25, -0.2) is 0 Å². The average Bonchev–Trinajstić information content (AvgIpc) is 3.34. The van der Waals surface area contributed by atoms with Crippen molar-refractivity contribution in [2.45, 2.75) is 31.4 Å². The smallest absolute Gasteiger partial charge is 0.342 e. The van der Waals surface area contributed by atoms with Crippen LogP contribution in [-0.4, -0.2) is 30.4 Å². The van der Waals surface area contributed by atoms with Crippen LogP contribution in [0.2, 0.25) is 0 Å². The van der Waals surface area contributed by atoms with Crippen LogP contribution in [0.5, 0.6) is 0 Å². The number of benzene rings is 1. The summed E-state index contributed by atoms with van der Waals surface area (Å²) in [6, 6.07) is 5.60. The van der Waals surface area contributed by atoms with Crippen molar-refractivity contribution >= 4 is 5.91 Å². The molecule has 1 amide bonds. The lowest BCUT2D eigenvalue weighted by Crippen LogP contribution is -2.42. The summed E-state index contributed by atoms with van der Waals surface area (Å²) in [4.78, 5) is 14.4. The predicted octanol–water partition coefficient (Wildman–Crippen LogP) is 3.01. The van der Waals surface area contributed by atoms with Crippen LogP contribution in [0.25, 0.3) is 0 Å². The Balaban J connectivity index is 1.71. The molecule has 0 unspecified atom stereocenters. The molecular weight excluding hydrogens is 305 g/mol. The van der Waals surface area contributed by atoms with Gasteiger partial charge < -0.3 is 10.6 Å². The number of hydrogen-bond acceptors (Lipinski definition) is 2. The Kier molecular flexibility index (Phi) is 4.36. The fourth-order valence-corrected chi connectivity index (χ4v) is 3.58. The zero-order chi connectivity index (χ0) is 16.6. The monoisotopic (exact) mass is 326 g/mol. The van der Waals surface area contributed by atoms with E-state index in [0.717, 1.165) is 18.9 Å². The molecule has 0 spiro atoms. The number of nitrogens with two attached hydrogens (primary N) is 1. The van der Waals surface area contributed by atoms with Crippen LogP contribution in [0.4, 0.5) is 13.2 Å². The van der Waals surface area contributed by atoms with Crippen molar-refractivity contribution in [3.05, 3.63) is 35.4 Å². The van der Waals surface area contributed by atoms with Gasteiger partial charge in [0, 0.05) is 19.0 Å². The Labute approximate surface area is 133 Å². The highest BCUT2D eigenvalue weighted by Crippen LogP contribution is 2.51. The SMILES string of the molecule is NC[C@@H]1CCCN(C(=O)[C@@H]2C[C@H]2c2ccccc2C(F)(F)F)C1. The number of nitrogens with zero attached hydrogens (tertiary/aromatic N) is 1. The van der Waals surface area contributed by atoms with Gasteiger partial charge in [0.1, 0.15) is 0 Å². The first-order chi connectivity index (χ1) is 10.9. The molecule has 1 aliphatic heterocycles. The minimum atomic E-state index is -4.37. The molecule has 2 N–H and O–H groups in total. The average molecular weight is 326 g/mol.